The lowest BCUT2D eigenvalue weighted by molar-refractivity contribution is 0.0643. The highest BCUT2D eigenvalue weighted by molar-refractivity contribution is 6.05. The van der Waals surface area contributed by atoms with Crippen LogP contribution >= 0.6 is 0 Å². The zero-order valence-corrected chi connectivity index (χ0v) is 15.3. The molecule has 0 atom stereocenters. The second-order valence-corrected chi connectivity index (χ2v) is 6.51. The first-order valence-electron chi connectivity index (χ1n) is 8.96. The topological polar surface area (TPSA) is 52.6 Å². The number of benzene rings is 2. The molecule has 148 valence electrons. The SMILES string of the molecule is CCN1CCN(C(=O)c2cccc(NC(=O)c3c(F)cc(F)cc3F)c2)CC1. The average Bonchev–Trinajstić information content (AvgIpc) is 2.67. The number of halogens is 3. The molecule has 0 spiro atoms. The lowest BCUT2D eigenvalue weighted by Gasteiger charge is -2.34. The number of carbonyl (C=O) groups excluding carboxylic acids is 2. The van der Waals surface area contributed by atoms with Crippen LogP contribution in [0.2, 0.25) is 0 Å². The molecule has 3 rings (SSSR count). The van der Waals surface area contributed by atoms with Gasteiger partial charge in [-0.2, -0.15) is 0 Å². The van der Waals surface area contributed by atoms with Crippen molar-refractivity contribution in [1.82, 2.24) is 9.80 Å². The summed E-state index contributed by atoms with van der Waals surface area (Å²) in [5, 5.41) is 2.35. The van der Waals surface area contributed by atoms with Crippen molar-refractivity contribution in [1.29, 1.82) is 0 Å². The fourth-order valence-corrected chi connectivity index (χ4v) is 3.13. The molecule has 0 radical (unpaired) electrons. The van der Waals surface area contributed by atoms with Crippen LogP contribution in [0.3, 0.4) is 0 Å². The Kier molecular flexibility index (Phi) is 5.99. The number of likely N-dealkylation sites (N-methyl/N-ethyl adjacent to an activating group) is 1. The standard InChI is InChI=1S/C20H20F3N3O2/c1-2-25-6-8-26(9-7-25)20(28)13-4-3-5-15(10-13)24-19(27)18-16(22)11-14(21)12-17(18)23/h3-5,10-12H,2,6-9H2,1H3,(H,24,27). The van der Waals surface area contributed by atoms with Gasteiger partial charge in [0.25, 0.3) is 11.8 Å². The molecule has 8 heteroatoms. The summed E-state index contributed by atoms with van der Waals surface area (Å²) in [5.74, 6) is -4.93. The summed E-state index contributed by atoms with van der Waals surface area (Å²) in [5.41, 5.74) is -0.303. The molecule has 1 fully saturated rings. The van der Waals surface area contributed by atoms with Gasteiger partial charge in [0, 0.05) is 49.6 Å². The molecular weight excluding hydrogens is 371 g/mol. The van der Waals surface area contributed by atoms with Crippen molar-refractivity contribution in [2.24, 2.45) is 0 Å². The second-order valence-electron chi connectivity index (χ2n) is 6.51. The molecule has 1 aliphatic rings. The molecular formula is C20H20F3N3O2. The number of nitrogens with zero attached hydrogens (tertiary/aromatic N) is 2. The minimum Gasteiger partial charge on any atom is -0.336 e. The van der Waals surface area contributed by atoms with Crippen LogP contribution in [0.1, 0.15) is 27.6 Å². The maximum Gasteiger partial charge on any atom is 0.261 e. The maximum atomic E-state index is 13.8. The molecule has 2 aromatic rings. The van der Waals surface area contributed by atoms with Crippen molar-refractivity contribution in [2.75, 3.05) is 38.0 Å². The predicted molar refractivity (Wildman–Crippen MR) is 98.7 cm³/mol. The lowest BCUT2D eigenvalue weighted by Crippen LogP contribution is -2.48. The molecule has 1 saturated heterocycles. The third-order valence-corrected chi connectivity index (χ3v) is 4.71. The van der Waals surface area contributed by atoms with E-state index in [9.17, 15) is 22.8 Å². The van der Waals surface area contributed by atoms with Crippen LogP contribution in [0.5, 0.6) is 0 Å². The number of rotatable bonds is 4. The first kappa shape index (κ1) is 19.9. The summed E-state index contributed by atoms with van der Waals surface area (Å²) in [6.07, 6.45) is 0. The Hall–Kier alpha value is -2.87. The van der Waals surface area contributed by atoms with Gasteiger partial charge in [-0.3, -0.25) is 9.59 Å². The number of amides is 2. The Balaban J connectivity index is 1.73. The third-order valence-electron chi connectivity index (χ3n) is 4.71. The van der Waals surface area contributed by atoms with Gasteiger partial charge in [-0.15, -0.1) is 0 Å². The number of nitrogens with one attached hydrogen (secondary N) is 1. The first-order valence-corrected chi connectivity index (χ1v) is 8.96. The van der Waals surface area contributed by atoms with Crippen LogP contribution in [0.15, 0.2) is 36.4 Å². The summed E-state index contributed by atoms with van der Waals surface area (Å²) in [6.45, 7) is 5.80. The van der Waals surface area contributed by atoms with Crippen LogP contribution in [0.4, 0.5) is 18.9 Å². The van der Waals surface area contributed by atoms with Crippen molar-refractivity contribution in [3.05, 3.63) is 65.0 Å². The van der Waals surface area contributed by atoms with Crippen molar-refractivity contribution < 1.29 is 22.8 Å². The largest absolute Gasteiger partial charge is 0.336 e. The molecule has 0 aliphatic carbocycles. The lowest BCUT2D eigenvalue weighted by atomic mass is 10.1. The highest BCUT2D eigenvalue weighted by Crippen LogP contribution is 2.19. The van der Waals surface area contributed by atoms with E-state index in [-0.39, 0.29) is 11.6 Å². The van der Waals surface area contributed by atoms with Crippen LogP contribution in [0, 0.1) is 17.5 Å². The first-order chi connectivity index (χ1) is 13.4. The number of hydrogen-bond acceptors (Lipinski definition) is 3. The van der Waals surface area contributed by atoms with Crippen molar-refractivity contribution in [3.63, 3.8) is 0 Å². The third kappa shape index (κ3) is 4.33. The Morgan fingerprint density at radius 2 is 1.64 bits per heavy atom. The van der Waals surface area contributed by atoms with E-state index in [4.69, 9.17) is 0 Å². The van der Waals surface area contributed by atoms with E-state index >= 15 is 0 Å². The molecule has 0 bridgehead atoms. The molecule has 0 aromatic heterocycles. The Bertz CT molecular complexity index is 873. The zero-order chi connectivity index (χ0) is 20.3. The van der Waals surface area contributed by atoms with Crippen LogP contribution in [-0.2, 0) is 0 Å². The van der Waals surface area contributed by atoms with E-state index in [1.807, 2.05) is 0 Å². The summed E-state index contributed by atoms with van der Waals surface area (Å²) in [7, 11) is 0. The normalized spacial score (nSPS) is 14.8. The molecule has 1 N–H and O–H groups in total. The highest BCUT2D eigenvalue weighted by Gasteiger charge is 2.22. The van der Waals surface area contributed by atoms with Gasteiger partial charge in [0.2, 0.25) is 0 Å². The predicted octanol–water partition coefficient (Wildman–Crippen LogP) is 3.13. The van der Waals surface area contributed by atoms with E-state index in [0.717, 1.165) is 19.6 Å². The van der Waals surface area contributed by atoms with Crippen molar-refractivity contribution in [3.8, 4) is 0 Å². The zero-order valence-electron chi connectivity index (χ0n) is 15.3. The van der Waals surface area contributed by atoms with Crippen LogP contribution < -0.4 is 5.32 Å². The number of carbonyl (C=O) groups is 2. The number of anilines is 1. The highest BCUT2D eigenvalue weighted by atomic mass is 19.1. The van der Waals surface area contributed by atoms with Crippen molar-refractivity contribution >= 4 is 17.5 Å². The molecule has 1 heterocycles. The minimum atomic E-state index is -1.30. The van der Waals surface area contributed by atoms with Gasteiger partial charge < -0.3 is 15.1 Å². The van der Waals surface area contributed by atoms with Gasteiger partial charge in [-0.1, -0.05) is 13.0 Å². The average molecular weight is 391 g/mol. The maximum absolute atomic E-state index is 13.8. The Morgan fingerprint density at radius 1 is 1.00 bits per heavy atom. The van der Waals surface area contributed by atoms with E-state index in [1.165, 1.54) is 12.1 Å². The molecule has 5 nitrogen and oxygen atoms in total. The molecule has 2 aromatic carbocycles. The van der Waals surface area contributed by atoms with Crippen molar-refractivity contribution in [2.45, 2.75) is 6.92 Å². The fraction of sp³-hybridized carbons (Fsp3) is 0.300. The van der Waals surface area contributed by atoms with Gasteiger partial charge in [0.15, 0.2) is 0 Å². The molecule has 0 unspecified atom stereocenters. The summed E-state index contributed by atoms with van der Waals surface area (Å²) in [4.78, 5) is 28.9. The van der Waals surface area contributed by atoms with Gasteiger partial charge in [-0.25, -0.2) is 13.2 Å². The van der Waals surface area contributed by atoms with Gasteiger partial charge in [0.05, 0.1) is 0 Å². The minimum absolute atomic E-state index is 0.175. The monoisotopic (exact) mass is 391 g/mol. The van der Waals surface area contributed by atoms with Gasteiger partial charge in [0.1, 0.15) is 23.0 Å². The summed E-state index contributed by atoms with van der Waals surface area (Å²) >= 11 is 0. The Morgan fingerprint density at radius 3 is 2.25 bits per heavy atom. The van der Waals surface area contributed by atoms with E-state index in [1.54, 1.807) is 17.0 Å². The number of hydrogen-bond donors (Lipinski definition) is 1. The van der Waals surface area contributed by atoms with Crippen LogP contribution in [0.25, 0.3) is 0 Å². The molecule has 0 saturated carbocycles. The molecule has 28 heavy (non-hydrogen) atoms. The van der Waals surface area contributed by atoms with E-state index in [2.05, 4.69) is 17.1 Å². The summed E-state index contributed by atoms with van der Waals surface area (Å²) < 4.78 is 40.5. The van der Waals surface area contributed by atoms with Gasteiger partial charge >= 0.3 is 0 Å². The second kappa shape index (κ2) is 8.43. The molecule has 1 aliphatic heterocycles. The van der Waals surface area contributed by atoms with Gasteiger partial charge in [-0.05, 0) is 24.7 Å². The Labute approximate surface area is 160 Å². The quantitative estimate of drug-likeness (QED) is 0.871. The van der Waals surface area contributed by atoms with Crippen LogP contribution in [-0.4, -0.2) is 54.3 Å². The van der Waals surface area contributed by atoms with E-state index in [0.29, 0.717) is 30.8 Å². The molecule has 2 amide bonds. The van der Waals surface area contributed by atoms with E-state index < -0.39 is 28.9 Å². The fourth-order valence-electron chi connectivity index (χ4n) is 3.13. The smallest absolute Gasteiger partial charge is 0.261 e. The summed E-state index contributed by atoms with van der Waals surface area (Å²) in [6, 6.07) is 7.02. The number of piperazine rings is 1.